The number of nitrogens with one attached hydrogen (secondary N) is 1. The zero-order chi connectivity index (χ0) is 11.8. The minimum Gasteiger partial charge on any atom is -0.315 e. The normalized spacial score (nSPS) is 20.2. The molecule has 1 rings (SSSR count). The molecule has 0 aromatic carbocycles. The van der Waals surface area contributed by atoms with Gasteiger partial charge in [-0.2, -0.15) is 0 Å². The summed E-state index contributed by atoms with van der Waals surface area (Å²) in [6.45, 7) is 8.14. The molecule has 0 aliphatic heterocycles. The van der Waals surface area contributed by atoms with Crippen molar-refractivity contribution in [2.75, 3.05) is 26.7 Å². The molecule has 1 atom stereocenters. The molecular formula is C14H30N2. The fourth-order valence-corrected chi connectivity index (χ4v) is 2.48. The Bertz CT molecular complexity index is 160. The molecule has 1 N–H and O–H groups in total. The highest BCUT2D eigenvalue weighted by Crippen LogP contribution is 2.22. The number of likely N-dealkylation sites (N-methyl/N-ethyl adjacent to an activating group) is 1. The van der Waals surface area contributed by atoms with Gasteiger partial charge < -0.3 is 10.2 Å². The summed E-state index contributed by atoms with van der Waals surface area (Å²) in [5, 5.41) is 3.62. The molecule has 2 nitrogen and oxygen atoms in total. The third-order valence-electron chi connectivity index (χ3n) is 4.14. The molecule has 1 saturated carbocycles. The van der Waals surface area contributed by atoms with E-state index in [1.807, 2.05) is 0 Å². The molecule has 0 aromatic heterocycles. The van der Waals surface area contributed by atoms with Crippen LogP contribution in [-0.4, -0.2) is 37.6 Å². The molecule has 1 fully saturated rings. The van der Waals surface area contributed by atoms with E-state index in [0.717, 1.165) is 18.5 Å². The molecule has 0 amide bonds. The number of rotatable bonds is 7. The Morgan fingerprint density at radius 1 is 1.25 bits per heavy atom. The van der Waals surface area contributed by atoms with E-state index in [2.05, 4.69) is 31.1 Å². The maximum Gasteiger partial charge on any atom is 0.0107 e. The smallest absolute Gasteiger partial charge is 0.0107 e. The first-order valence-corrected chi connectivity index (χ1v) is 7.15. The molecule has 0 saturated heterocycles. The van der Waals surface area contributed by atoms with Gasteiger partial charge in [0.1, 0.15) is 0 Å². The van der Waals surface area contributed by atoms with Crippen LogP contribution in [0.25, 0.3) is 0 Å². The van der Waals surface area contributed by atoms with Crippen LogP contribution in [0.15, 0.2) is 0 Å². The van der Waals surface area contributed by atoms with Gasteiger partial charge in [0.25, 0.3) is 0 Å². The first-order valence-electron chi connectivity index (χ1n) is 7.15. The molecule has 0 spiro atoms. The van der Waals surface area contributed by atoms with E-state index in [0.29, 0.717) is 0 Å². The van der Waals surface area contributed by atoms with Crippen molar-refractivity contribution in [2.24, 2.45) is 5.92 Å². The Morgan fingerprint density at radius 3 is 2.56 bits per heavy atom. The van der Waals surface area contributed by atoms with Crippen molar-refractivity contribution >= 4 is 0 Å². The molecule has 0 aromatic rings. The van der Waals surface area contributed by atoms with Gasteiger partial charge in [-0.05, 0) is 45.7 Å². The fraction of sp³-hybridized carbons (Fsp3) is 1.00. The van der Waals surface area contributed by atoms with Gasteiger partial charge >= 0.3 is 0 Å². The standard InChI is InChI=1S/C14H30N2/c1-4-13(2)16(3)11-10-15-12-14-8-6-5-7-9-14/h13-15H,4-12H2,1-3H3. The zero-order valence-corrected chi connectivity index (χ0v) is 11.5. The lowest BCUT2D eigenvalue weighted by molar-refractivity contribution is 0.247. The summed E-state index contributed by atoms with van der Waals surface area (Å²) in [6.07, 6.45) is 8.53. The molecule has 0 bridgehead atoms. The van der Waals surface area contributed by atoms with Crippen molar-refractivity contribution in [1.82, 2.24) is 10.2 Å². The van der Waals surface area contributed by atoms with Crippen molar-refractivity contribution in [3.63, 3.8) is 0 Å². The van der Waals surface area contributed by atoms with Crippen LogP contribution in [-0.2, 0) is 0 Å². The average molecular weight is 226 g/mol. The number of nitrogens with zero attached hydrogens (tertiary/aromatic N) is 1. The monoisotopic (exact) mass is 226 g/mol. The van der Waals surface area contributed by atoms with E-state index in [1.54, 1.807) is 0 Å². The van der Waals surface area contributed by atoms with E-state index >= 15 is 0 Å². The first-order chi connectivity index (χ1) is 7.74. The first kappa shape index (κ1) is 14.0. The summed E-state index contributed by atoms with van der Waals surface area (Å²) >= 11 is 0. The number of hydrogen-bond acceptors (Lipinski definition) is 2. The van der Waals surface area contributed by atoms with Crippen molar-refractivity contribution in [2.45, 2.75) is 58.4 Å². The topological polar surface area (TPSA) is 15.3 Å². The van der Waals surface area contributed by atoms with Gasteiger partial charge in [-0.25, -0.2) is 0 Å². The van der Waals surface area contributed by atoms with Gasteiger partial charge in [-0.15, -0.1) is 0 Å². The molecule has 0 heterocycles. The Kier molecular flexibility index (Phi) is 7.06. The molecule has 1 unspecified atom stereocenters. The second-order valence-corrected chi connectivity index (χ2v) is 5.45. The highest BCUT2D eigenvalue weighted by molar-refractivity contribution is 4.69. The Morgan fingerprint density at radius 2 is 1.94 bits per heavy atom. The van der Waals surface area contributed by atoms with E-state index in [1.165, 1.54) is 51.6 Å². The van der Waals surface area contributed by atoms with Gasteiger partial charge in [0, 0.05) is 19.1 Å². The van der Waals surface area contributed by atoms with Crippen LogP contribution in [0, 0.1) is 5.92 Å². The molecule has 0 radical (unpaired) electrons. The van der Waals surface area contributed by atoms with Gasteiger partial charge in [-0.1, -0.05) is 26.2 Å². The average Bonchev–Trinajstić information content (AvgIpc) is 2.34. The lowest BCUT2D eigenvalue weighted by atomic mass is 9.89. The summed E-state index contributed by atoms with van der Waals surface area (Å²) in [5.74, 6) is 0.961. The van der Waals surface area contributed by atoms with Gasteiger partial charge in [0.2, 0.25) is 0 Å². The fourth-order valence-electron chi connectivity index (χ4n) is 2.48. The molecule has 96 valence electrons. The second-order valence-electron chi connectivity index (χ2n) is 5.45. The summed E-state index contributed by atoms with van der Waals surface area (Å²) in [5.41, 5.74) is 0. The lowest BCUT2D eigenvalue weighted by Crippen LogP contribution is -2.36. The maximum atomic E-state index is 3.62. The van der Waals surface area contributed by atoms with Crippen LogP contribution in [0.2, 0.25) is 0 Å². The van der Waals surface area contributed by atoms with E-state index < -0.39 is 0 Å². The summed E-state index contributed by atoms with van der Waals surface area (Å²) in [7, 11) is 2.23. The van der Waals surface area contributed by atoms with Crippen molar-refractivity contribution in [3.05, 3.63) is 0 Å². The Labute approximate surface area is 102 Å². The van der Waals surface area contributed by atoms with Gasteiger partial charge in [0.15, 0.2) is 0 Å². The zero-order valence-electron chi connectivity index (χ0n) is 11.5. The highest BCUT2D eigenvalue weighted by atomic mass is 15.1. The Hall–Kier alpha value is -0.0800. The van der Waals surface area contributed by atoms with Crippen LogP contribution < -0.4 is 5.32 Å². The van der Waals surface area contributed by atoms with Crippen LogP contribution in [0.3, 0.4) is 0 Å². The molecule has 2 heteroatoms. The van der Waals surface area contributed by atoms with E-state index in [-0.39, 0.29) is 0 Å². The largest absolute Gasteiger partial charge is 0.315 e. The van der Waals surface area contributed by atoms with Crippen molar-refractivity contribution in [1.29, 1.82) is 0 Å². The minimum absolute atomic E-state index is 0.719. The van der Waals surface area contributed by atoms with Crippen molar-refractivity contribution < 1.29 is 0 Å². The van der Waals surface area contributed by atoms with E-state index in [4.69, 9.17) is 0 Å². The predicted octanol–water partition coefficient (Wildman–Crippen LogP) is 2.89. The summed E-state index contributed by atoms with van der Waals surface area (Å²) in [4.78, 5) is 2.45. The van der Waals surface area contributed by atoms with Gasteiger partial charge in [0.05, 0.1) is 0 Å². The molecule has 16 heavy (non-hydrogen) atoms. The second kappa shape index (κ2) is 8.08. The van der Waals surface area contributed by atoms with E-state index in [9.17, 15) is 0 Å². The van der Waals surface area contributed by atoms with Crippen molar-refractivity contribution in [3.8, 4) is 0 Å². The molecule has 1 aliphatic rings. The highest BCUT2D eigenvalue weighted by Gasteiger charge is 2.12. The van der Waals surface area contributed by atoms with Crippen LogP contribution >= 0.6 is 0 Å². The molecular weight excluding hydrogens is 196 g/mol. The quantitative estimate of drug-likeness (QED) is 0.672. The summed E-state index contributed by atoms with van der Waals surface area (Å²) < 4.78 is 0. The lowest BCUT2D eigenvalue weighted by Gasteiger charge is -2.25. The maximum absolute atomic E-state index is 3.62. The summed E-state index contributed by atoms with van der Waals surface area (Å²) in [6, 6.07) is 0.719. The van der Waals surface area contributed by atoms with Gasteiger partial charge in [-0.3, -0.25) is 0 Å². The van der Waals surface area contributed by atoms with Crippen LogP contribution in [0.1, 0.15) is 52.4 Å². The van der Waals surface area contributed by atoms with Crippen LogP contribution in [0.5, 0.6) is 0 Å². The minimum atomic E-state index is 0.719. The SMILES string of the molecule is CCC(C)N(C)CCNCC1CCCCC1. The third kappa shape index (κ3) is 5.31. The molecule has 1 aliphatic carbocycles. The third-order valence-corrected chi connectivity index (χ3v) is 4.14. The predicted molar refractivity (Wildman–Crippen MR) is 71.8 cm³/mol. The Balaban J connectivity index is 1.98. The number of hydrogen-bond donors (Lipinski definition) is 1. The van der Waals surface area contributed by atoms with Crippen LogP contribution in [0.4, 0.5) is 0 Å².